The van der Waals surface area contributed by atoms with Crippen molar-refractivity contribution in [3.8, 4) is 0 Å². The van der Waals surface area contributed by atoms with Gasteiger partial charge in [-0.3, -0.25) is 4.68 Å². The van der Waals surface area contributed by atoms with Crippen LogP contribution in [0.4, 0.5) is 0 Å². The zero-order chi connectivity index (χ0) is 11.0. The van der Waals surface area contributed by atoms with Crippen LogP contribution < -0.4 is 5.73 Å². The second-order valence-corrected chi connectivity index (χ2v) is 4.83. The number of aryl methyl sites for hydroxylation is 1. The number of nitrogens with zero attached hydrogens (tertiary/aromatic N) is 2. The fraction of sp³-hybridized carbons (Fsp3) is 0.750. The third-order valence-electron chi connectivity index (χ3n) is 3.83. The highest BCUT2D eigenvalue weighted by molar-refractivity contribution is 5.26. The van der Waals surface area contributed by atoms with Crippen LogP contribution in [0, 0.1) is 13.8 Å². The third kappa shape index (κ3) is 1.93. The van der Waals surface area contributed by atoms with E-state index in [1.165, 1.54) is 29.8 Å². The number of nitrogens with two attached hydrogens (primary N) is 1. The highest BCUT2D eigenvalue weighted by atomic mass is 15.3. The first-order valence-corrected chi connectivity index (χ1v) is 5.85. The number of rotatable bonds is 1. The predicted molar refractivity (Wildman–Crippen MR) is 61.9 cm³/mol. The van der Waals surface area contributed by atoms with Crippen LogP contribution in [-0.4, -0.2) is 15.8 Å². The first kappa shape index (κ1) is 10.7. The highest BCUT2D eigenvalue weighted by Gasteiger charge is 2.24. The van der Waals surface area contributed by atoms with Crippen molar-refractivity contribution in [3.63, 3.8) is 0 Å². The molecule has 0 atom stereocenters. The van der Waals surface area contributed by atoms with Crippen LogP contribution >= 0.6 is 0 Å². The van der Waals surface area contributed by atoms with Gasteiger partial charge in [-0.2, -0.15) is 5.10 Å². The summed E-state index contributed by atoms with van der Waals surface area (Å²) in [6.07, 6.45) is 4.72. The van der Waals surface area contributed by atoms with Crippen molar-refractivity contribution < 1.29 is 0 Å². The number of hydrogen-bond acceptors (Lipinski definition) is 2. The van der Waals surface area contributed by atoms with Crippen molar-refractivity contribution in [2.75, 3.05) is 0 Å². The molecule has 3 heteroatoms. The van der Waals surface area contributed by atoms with E-state index in [4.69, 9.17) is 5.73 Å². The van der Waals surface area contributed by atoms with E-state index >= 15 is 0 Å². The normalized spacial score (nSPS) is 26.9. The fourth-order valence-electron chi connectivity index (χ4n) is 2.52. The zero-order valence-electron chi connectivity index (χ0n) is 9.95. The van der Waals surface area contributed by atoms with E-state index < -0.39 is 0 Å². The lowest BCUT2D eigenvalue weighted by molar-refractivity contribution is 0.388. The predicted octanol–water partition coefficient (Wildman–Crippen LogP) is 2.02. The van der Waals surface area contributed by atoms with Crippen molar-refractivity contribution in [2.24, 2.45) is 12.8 Å². The minimum atomic E-state index is 0.423. The van der Waals surface area contributed by atoms with E-state index in [0.29, 0.717) is 12.0 Å². The van der Waals surface area contributed by atoms with Crippen molar-refractivity contribution in [1.29, 1.82) is 0 Å². The molecule has 0 saturated heterocycles. The Hall–Kier alpha value is -0.830. The molecule has 1 fully saturated rings. The fourth-order valence-corrected chi connectivity index (χ4v) is 2.52. The average molecular weight is 207 g/mol. The molecule has 1 aromatic heterocycles. The number of aromatic nitrogens is 2. The average Bonchev–Trinajstić information content (AvgIpc) is 2.47. The minimum Gasteiger partial charge on any atom is -0.328 e. The van der Waals surface area contributed by atoms with Crippen molar-refractivity contribution in [3.05, 3.63) is 17.0 Å². The van der Waals surface area contributed by atoms with Gasteiger partial charge in [0.1, 0.15) is 0 Å². The molecule has 84 valence electrons. The molecule has 0 amide bonds. The van der Waals surface area contributed by atoms with Crippen LogP contribution in [0.15, 0.2) is 0 Å². The molecule has 15 heavy (non-hydrogen) atoms. The molecule has 2 rings (SSSR count). The molecule has 0 spiro atoms. The molecular weight excluding hydrogens is 186 g/mol. The van der Waals surface area contributed by atoms with Gasteiger partial charge in [-0.1, -0.05) is 0 Å². The number of hydrogen-bond donors (Lipinski definition) is 1. The standard InChI is InChI=1S/C12H21N3/c1-8-9(2)15(3)14-12(8)10-4-6-11(13)7-5-10/h10-11H,4-7,13H2,1-3H3. The van der Waals surface area contributed by atoms with Crippen LogP contribution in [0.25, 0.3) is 0 Å². The van der Waals surface area contributed by atoms with Gasteiger partial charge in [0.25, 0.3) is 0 Å². The lowest BCUT2D eigenvalue weighted by Gasteiger charge is -2.25. The molecule has 0 aromatic carbocycles. The molecule has 0 aliphatic heterocycles. The second-order valence-electron chi connectivity index (χ2n) is 4.83. The maximum atomic E-state index is 5.92. The molecule has 1 aromatic rings. The van der Waals surface area contributed by atoms with Gasteiger partial charge in [0.2, 0.25) is 0 Å². The van der Waals surface area contributed by atoms with Gasteiger partial charge in [-0.25, -0.2) is 0 Å². The van der Waals surface area contributed by atoms with Crippen LogP contribution in [0.5, 0.6) is 0 Å². The largest absolute Gasteiger partial charge is 0.328 e. The highest BCUT2D eigenvalue weighted by Crippen LogP contribution is 2.33. The zero-order valence-corrected chi connectivity index (χ0v) is 9.95. The Kier molecular flexibility index (Phi) is 2.83. The van der Waals surface area contributed by atoms with Gasteiger partial charge in [0.05, 0.1) is 5.69 Å². The monoisotopic (exact) mass is 207 g/mol. The summed E-state index contributed by atoms with van der Waals surface area (Å²) in [4.78, 5) is 0. The summed E-state index contributed by atoms with van der Waals surface area (Å²) in [6, 6.07) is 0.423. The van der Waals surface area contributed by atoms with Crippen LogP contribution in [-0.2, 0) is 7.05 Å². The topological polar surface area (TPSA) is 43.8 Å². The van der Waals surface area contributed by atoms with Gasteiger partial charge in [-0.15, -0.1) is 0 Å². The molecule has 1 saturated carbocycles. The SMILES string of the molecule is Cc1c(C2CCC(N)CC2)nn(C)c1C. The summed E-state index contributed by atoms with van der Waals surface area (Å²) in [5.74, 6) is 0.643. The van der Waals surface area contributed by atoms with Gasteiger partial charge in [0.15, 0.2) is 0 Å². The molecule has 2 N–H and O–H groups in total. The van der Waals surface area contributed by atoms with E-state index in [1.807, 2.05) is 11.7 Å². The van der Waals surface area contributed by atoms with Crippen LogP contribution in [0.3, 0.4) is 0 Å². The van der Waals surface area contributed by atoms with E-state index in [2.05, 4.69) is 18.9 Å². The van der Waals surface area contributed by atoms with E-state index in [9.17, 15) is 0 Å². The summed E-state index contributed by atoms with van der Waals surface area (Å²) >= 11 is 0. The Morgan fingerprint density at radius 2 is 1.80 bits per heavy atom. The molecule has 0 radical (unpaired) electrons. The lowest BCUT2D eigenvalue weighted by atomic mass is 9.83. The first-order chi connectivity index (χ1) is 7.09. The van der Waals surface area contributed by atoms with Crippen LogP contribution in [0.1, 0.15) is 48.6 Å². The molecule has 1 aliphatic rings. The second kappa shape index (κ2) is 3.97. The van der Waals surface area contributed by atoms with Gasteiger partial charge in [-0.05, 0) is 45.1 Å². The third-order valence-corrected chi connectivity index (χ3v) is 3.83. The minimum absolute atomic E-state index is 0.423. The van der Waals surface area contributed by atoms with E-state index in [0.717, 1.165) is 12.8 Å². The van der Waals surface area contributed by atoms with Crippen LogP contribution in [0.2, 0.25) is 0 Å². The maximum absolute atomic E-state index is 5.92. The summed E-state index contributed by atoms with van der Waals surface area (Å²) in [6.45, 7) is 4.33. The molecule has 3 nitrogen and oxygen atoms in total. The molecule has 0 bridgehead atoms. The summed E-state index contributed by atoms with van der Waals surface area (Å²) < 4.78 is 2.00. The lowest BCUT2D eigenvalue weighted by Crippen LogP contribution is -2.26. The molecule has 1 heterocycles. The van der Waals surface area contributed by atoms with Crippen molar-refractivity contribution in [2.45, 2.75) is 51.5 Å². The van der Waals surface area contributed by atoms with E-state index in [-0.39, 0.29) is 0 Å². The van der Waals surface area contributed by atoms with E-state index in [1.54, 1.807) is 0 Å². The maximum Gasteiger partial charge on any atom is 0.0687 e. The molecule has 0 unspecified atom stereocenters. The van der Waals surface area contributed by atoms with Crippen molar-refractivity contribution in [1.82, 2.24) is 9.78 Å². The smallest absolute Gasteiger partial charge is 0.0687 e. The van der Waals surface area contributed by atoms with Gasteiger partial charge < -0.3 is 5.73 Å². The Morgan fingerprint density at radius 1 is 1.20 bits per heavy atom. The van der Waals surface area contributed by atoms with Gasteiger partial charge >= 0.3 is 0 Å². The molecular formula is C12H21N3. The Morgan fingerprint density at radius 3 is 2.27 bits per heavy atom. The summed E-state index contributed by atoms with van der Waals surface area (Å²) in [7, 11) is 2.03. The van der Waals surface area contributed by atoms with Crippen molar-refractivity contribution >= 4 is 0 Å². The summed E-state index contributed by atoms with van der Waals surface area (Å²) in [5.41, 5.74) is 9.89. The quantitative estimate of drug-likeness (QED) is 0.765. The Labute approximate surface area is 91.7 Å². The Balaban J connectivity index is 2.19. The molecule has 1 aliphatic carbocycles. The first-order valence-electron chi connectivity index (χ1n) is 5.85. The van der Waals surface area contributed by atoms with Gasteiger partial charge in [0, 0.05) is 24.7 Å². The Bertz CT molecular complexity index is 346. The summed E-state index contributed by atoms with van der Waals surface area (Å²) in [5, 5.41) is 4.63.